The van der Waals surface area contributed by atoms with Gasteiger partial charge in [0.15, 0.2) is 0 Å². The van der Waals surface area contributed by atoms with Crippen LogP contribution in [-0.4, -0.2) is 21.6 Å². The van der Waals surface area contributed by atoms with Crippen LogP contribution in [0.15, 0.2) is 11.4 Å². The van der Waals surface area contributed by atoms with Gasteiger partial charge in [-0.3, -0.25) is 4.79 Å². The Balaban J connectivity index is 1.52. The summed E-state index contributed by atoms with van der Waals surface area (Å²) < 4.78 is 0. The zero-order valence-corrected chi connectivity index (χ0v) is 16.8. The second-order valence-corrected chi connectivity index (χ2v) is 9.42. The molecule has 0 radical (unpaired) electrons. The molecule has 132 valence electrons. The number of thioether (sulfide) groups is 1. The average Bonchev–Trinajstić information content (AvgIpc) is 3.27. The molecule has 0 bridgehead atoms. The van der Waals surface area contributed by atoms with E-state index < -0.39 is 0 Å². The van der Waals surface area contributed by atoms with Crippen molar-refractivity contribution in [2.24, 2.45) is 0 Å². The Morgan fingerprint density at radius 2 is 2.19 bits per heavy atom. The molecular formula is C18H16N4OS3. The molecule has 0 aliphatic heterocycles. The summed E-state index contributed by atoms with van der Waals surface area (Å²) in [6.45, 7) is 3.86. The molecule has 4 rings (SSSR count). The quantitative estimate of drug-likeness (QED) is 0.517. The minimum Gasteiger partial charge on any atom is -0.316 e. The van der Waals surface area contributed by atoms with E-state index in [0.717, 1.165) is 38.5 Å². The number of nitrogens with zero attached hydrogens (tertiary/aromatic N) is 3. The molecule has 3 heterocycles. The predicted octanol–water partition coefficient (Wildman–Crippen LogP) is 4.46. The van der Waals surface area contributed by atoms with Gasteiger partial charge in [-0.1, -0.05) is 11.8 Å². The van der Waals surface area contributed by atoms with Gasteiger partial charge in [-0.25, -0.2) is 9.97 Å². The number of thiophene rings is 2. The van der Waals surface area contributed by atoms with Gasteiger partial charge in [-0.15, -0.1) is 22.7 Å². The summed E-state index contributed by atoms with van der Waals surface area (Å²) >= 11 is 4.63. The lowest BCUT2D eigenvalue weighted by Crippen LogP contribution is -2.14. The van der Waals surface area contributed by atoms with E-state index in [1.165, 1.54) is 40.0 Å². The Kier molecular flexibility index (Phi) is 4.69. The maximum atomic E-state index is 12.4. The van der Waals surface area contributed by atoms with E-state index >= 15 is 0 Å². The number of anilines is 1. The number of carbonyl (C=O) groups is 1. The Morgan fingerprint density at radius 1 is 1.35 bits per heavy atom. The zero-order chi connectivity index (χ0) is 18.3. The molecule has 3 aromatic heterocycles. The minimum atomic E-state index is -0.119. The van der Waals surface area contributed by atoms with Crippen LogP contribution in [0.3, 0.4) is 0 Å². The number of rotatable bonds is 4. The molecule has 0 fully saturated rings. The minimum absolute atomic E-state index is 0.119. The molecule has 0 spiro atoms. The normalized spacial score (nSPS) is 13.0. The fourth-order valence-corrected chi connectivity index (χ4v) is 6.30. The first-order chi connectivity index (χ1) is 12.6. The maximum Gasteiger partial charge on any atom is 0.235 e. The molecule has 8 heteroatoms. The highest BCUT2D eigenvalue weighted by molar-refractivity contribution is 8.00. The summed E-state index contributed by atoms with van der Waals surface area (Å²) in [5, 5.41) is 14.8. The molecule has 26 heavy (non-hydrogen) atoms. The Labute approximate surface area is 163 Å². The van der Waals surface area contributed by atoms with Crippen LogP contribution < -0.4 is 5.32 Å². The van der Waals surface area contributed by atoms with E-state index in [4.69, 9.17) is 0 Å². The van der Waals surface area contributed by atoms with Gasteiger partial charge < -0.3 is 5.32 Å². The molecule has 0 saturated heterocycles. The maximum absolute atomic E-state index is 12.4. The number of aromatic nitrogens is 2. The van der Waals surface area contributed by atoms with Crippen molar-refractivity contribution in [3.05, 3.63) is 32.8 Å². The number of nitrogens with one attached hydrogen (secondary N) is 1. The van der Waals surface area contributed by atoms with Crippen LogP contribution >= 0.6 is 34.4 Å². The Hall–Kier alpha value is -1.95. The van der Waals surface area contributed by atoms with Gasteiger partial charge in [0.1, 0.15) is 27.3 Å². The molecule has 3 aromatic rings. The number of aryl methyl sites for hydroxylation is 3. The number of hydrogen-bond donors (Lipinski definition) is 1. The first kappa shape index (κ1) is 17.5. The lowest BCUT2D eigenvalue weighted by Gasteiger charge is -2.05. The van der Waals surface area contributed by atoms with E-state index in [-0.39, 0.29) is 11.7 Å². The standard InChI is InChI=1S/C18H16N4OS3/c1-9-10(2)25-16(12(9)6-19)22-14(23)7-24-17-15-11-4-3-5-13(11)26-18(15)21-8-20-17/h8H,3-5,7H2,1-2H3,(H,22,23). The molecule has 1 aliphatic rings. The van der Waals surface area contributed by atoms with Crippen molar-refractivity contribution in [2.45, 2.75) is 38.1 Å². The van der Waals surface area contributed by atoms with E-state index in [9.17, 15) is 10.1 Å². The fourth-order valence-electron chi connectivity index (χ4n) is 3.16. The highest BCUT2D eigenvalue weighted by Crippen LogP contribution is 2.40. The predicted molar refractivity (Wildman–Crippen MR) is 107 cm³/mol. The summed E-state index contributed by atoms with van der Waals surface area (Å²) in [6.07, 6.45) is 4.95. The van der Waals surface area contributed by atoms with Crippen LogP contribution in [0.25, 0.3) is 10.2 Å². The van der Waals surface area contributed by atoms with Crippen LogP contribution in [0.1, 0.15) is 32.9 Å². The SMILES string of the molecule is Cc1sc(NC(=O)CSc2ncnc3sc4c(c23)CCC4)c(C#N)c1C. The van der Waals surface area contributed by atoms with Gasteiger partial charge in [-0.2, -0.15) is 5.26 Å². The van der Waals surface area contributed by atoms with E-state index in [1.807, 2.05) is 13.8 Å². The van der Waals surface area contributed by atoms with E-state index in [2.05, 4.69) is 21.4 Å². The van der Waals surface area contributed by atoms with Crippen molar-refractivity contribution >= 4 is 55.6 Å². The monoisotopic (exact) mass is 400 g/mol. The summed E-state index contributed by atoms with van der Waals surface area (Å²) in [4.78, 5) is 24.7. The van der Waals surface area contributed by atoms with Crippen molar-refractivity contribution in [2.75, 3.05) is 11.1 Å². The number of fused-ring (bicyclic) bond motifs is 3. The van der Waals surface area contributed by atoms with Crippen LogP contribution in [0.4, 0.5) is 5.00 Å². The van der Waals surface area contributed by atoms with Crippen molar-refractivity contribution < 1.29 is 4.79 Å². The van der Waals surface area contributed by atoms with Crippen molar-refractivity contribution in [1.82, 2.24) is 9.97 Å². The first-order valence-corrected chi connectivity index (χ1v) is 10.9. The van der Waals surface area contributed by atoms with Crippen LogP contribution in [0.5, 0.6) is 0 Å². The van der Waals surface area contributed by atoms with Crippen molar-refractivity contribution in [1.29, 1.82) is 5.26 Å². The van der Waals surface area contributed by atoms with Crippen LogP contribution in [0.2, 0.25) is 0 Å². The topological polar surface area (TPSA) is 78.7 Å². The second kappa shape index (κ2) is 6.99. The highest BCUT2D eigenvalue weighted by Gasteiger charge is 2.22. The molecule has 1 amide bonds. The third-order valence-electron chi connectivity index (χ3n) is 4.56. The molecule has 1 N–H and O–H groups in total. The van der Waals surface area contributed by atoms with Gasteiger partial charge in [0.2, 0.25) is 5.91 Å². The second-order valence-electron chi connectivity index (χ2n) is 6.15. The van der Waals surface area contributed by atoms with Crippen molar-refractivity contribution in [3.63, 3.8) is 0 Å². The van der Waals surface area contributed by atoms with Crippen LogP contribution in [-0.2, 0) is 17.6 Å². The molecule has 0 saturated carbocycles. The number of amides is 1. The van der Waals surface area contributed by atoms with Gasteiger partial charge in [0.05, 0.1) is 11.3 Å². The summed E-state index contributed by atoms with van der Waals surface area (Å²) in [5.74, 6) is 0.142. The Bertz CT molecular complexity index is 1060. The lowest BCUT2D eigenvalue weighted by atomic mass is 10.2. The molecule has 0 aromatic carbocycles. The number of carbonyl (C=O) groups excluding carboxylic acids is 1. The molecule has 0 atom stereocenters. The van der Waals surface area contributed by atoms with Crippen LogP contribution in [0, 0.1) is 25.2 Å². The number of hydrogen-bond acceptors (Lipinski definition) is 7. The van der Waals surface area contributed by atoms with Gasteiger partial charge >= 0.3 is 0 Å². The van der Waals surface area contributed by atoms with E-state index in [0.29, 0.717) is 10.6 Å². The van der Waals surface area contributed by atoms with Gasteiger partial charge in [-0.05, 0) is 44.2 Å². The fraction of sp³-hybridized carbons (Fsp3) is 0.333. The molecule has 5 nitrogen and oxygen atoms in total. The third-order valence-corrected chi connectivity index (χ3v) is 7.87. The molecule has 0 unspecified atom stereocenters. The summed E-state index contributed by atoms with van der Waals surface area (Å²) in [6, 6.07) is 2.18. The Morgan fingerprint density at radius 3 is 3.00 bits per heavy atom. The van der Waals surface area contributed by atoms with Gasteiger partial charge in [0, 0.05) is 15.1 Å². The highest BCUT2D eigenvalue weighted by atomic mass is 32.2. The smallest absolute Gasteiger partial charge is 0.235 e. The van der Waals surface area contributed by atoms with E-state index in [1.54, 1.807) is 17.7 Å². The molecule has 1 aliphatic carbocycles. The molecular weight excluding hydrogens is 384 g/mol. The van der Waals surface area contributed by atoms with Gasteiger partial charge in [0.25, 0.3) is 0 Å². The summed E-state index contributed by atoms with van der Waals surface area (Å²) in [7, 11) is 0. The first-order valence-electron chi connectivity index (χ1n) is 8.26. The third kappa shape index (κ3) is 3.00. The summed E-state index contributed by atoms with van der Waals surface area (Å²) in [5.41, 5.74) is 2.86. The largest absolute Gasteiger partial charge is 0.316 e. The number of nitriles is 1. The average molecular weight is 401 g/mol. The van der Waals surface area contributed by atoms with Crippen molar-refractivity contribution in [3.8, 4) is 6.07 Å². The zero-order valence-electron chi connectivity index (χ0n) is 14.4. The lowest BCUT2D eigenvalue weighted by molar-refractivity contribution is -0.113.